The van der Waals surface area contributed by atoms with E-state index in [-0.39, 0.29) is 12.8 Å². The molecule has 1 fully saturated rings. The zero-order valence-corrected chi connectivity index (χ0v) is 7.04. The highest BCUT2D eigenvalue weighted by Crippen LogP contribution is 2.40. The van der Waals surface area contributed by atoms with E-state index in [1.807, 2.05) is 0 Å². The molecule has 1 saturated carbocycles. The van der Waals surface area contributed by atoms with Crippen molar-refractivity contribution in [2.24, 2.45) is 0 Å². The van der Waals surface area contributed by atoms with Crippen molar-refractivity contribution in [3.8, 4) is 0 Å². The molecule has 10 heavy (non-hydrogen) atoms. The van der Waals surface area contributed by atoms with Crippen molar-refractivity contribution in [2.45, 2.75) is 30.7 Å². The Morgan fingerprint density at radius 3 is 2.10 bits per heavy atom. The maximum absolute atomic E-state index is 12.7. The van der Waals surface area contributed by atoms with Crippen LogP contribution in [0.2, 0.25) is 0 Å². The first kappa shape index (κ1) is 8.27. The Morgan fingerprint density at radius 2 is 2.00 bits per heavy atom. The molecule has 2 nitrogen and oxygen atoms in total. The molecule has 1 rings (SSSR count). The topological polar surface area (TPSA) is 34.1 Å². The number of rotatable bonds is 1. The van der Waals surface area contributed by atoms with Gasteiger partial charge in [0.15, 0.2) is 0 Å². The van der Waals surface area contributed by atoms with Crippen LogP contribution < -0.4 is 0 Å². The summed E-state index contributed by atoms with van der Waals surface area (Å²) in [6, 6.07) is 0. The van der Waals surface area contributed by atoms with E-state index in [0.717, 1.165) is 0 Å². The van der Waals surface area contributed by atoms with Crippen LogP contribution in [0.4, 0.5) is 4.39 Å². The van der Waals surface area contributed by atoms with E-state index in [1.54, 1.807) is 0 Å². The fourth-order valence-corrected chi connectivity index (χ4v) is 2.56. The second-order valence-electron chi connectivity index (χ2n) is 2.92. The lowest BCUT2D eigenvalue weighted by Crippen LogP contribution is -2.43. The van der Waals surface area contributed by atoms with Crippen molar-refractivity contribution in [1.29, 1.82) is 0 Å². The van der Waals surface area contributed by atoms with Gasteiger partial charge in [-0.05, 0) is 19.8 Å². The maximum Gasteiger partial charge on any atom is 0.235 e. The molecule has 0 unspecified atom stereocenters. The van der Waals surface area contributed by atoms with E-state index in [9.17, 15) is 12.8 Å². The zero-order chi connectivity index (χ0) is 7.99. The van der Waals surface area contributed by atoms with Crippen molar-refractivity contribution in [3.63, 3.8) is 0 Å². The van der Waals surface area contributed by atoms with E-state index < -0.39 is 20.0 Å². The van der Waals surface area contributed by atoms with Gasteiger partial charge in [0.2, 0.25) is 9.05 Å². The Hall–Kier alpha value is 0.170. The molecule has 0 radical (unpaired) electrons. The summed E-state index contributed by atoms with van der Waals surface area (Å²) in [5.41, 5.74) is -1.31. The van der Waals surface area contributed by atoms with Gasteiger partial charge in [0.25, 0.3) is 0 Å². The summed E-state index contributed by atoms with van der Waals surface area (Å²) in [6.07, 6.45) is 0.0810. The fraction of sp³-hybridized carbons (Fsp3) is 1.00. The molecule has 60 valence electrons. The van der Waals surface area contributed by atoms with Crippen LogP contribution in [0.1, 0.15) is 19.8 Å². The Labute approximate surface area is 63.8 Å². The first-order valence-corrected chi connectivity index (χ1v) is 5.31. The first-order valence-electron chi connectivity index (χ1n) is 2.94. The molecular weight excluding hydrogens is 179 g/mol. The third kappa shape index (κ3) is 1.61. The van der Waals surface area contributed by atoms with E-state index in [4.69, 9.17) is 10.7 Å². The molecular formula is C5H8ClFO2S. The van der Waals surface area contributed by atoms with Gasteiger partial charge in [-0.3, -0.25) is 0 Å². The molecule has 0 aromatic rings. The molecule has 0 amide bonds. The van der Waals surface area contributed by atoms with Crippen LogP contribution in [0.15, 0.2) is 0 Å². The molecule has 1 aliphatic carbocycles. The van der Waals surface area contributed by atoms with Gasteiger partial charge in [-0.15, -0.1) is 0 Å². The van der Waals surface area contributed by atoms with Gasteiger partial charge >= 0.3 is 0 Å². The number of hydrogen-bond donors (Lipinski definition) is 0. The van der Waals surface area contributed by atoms with Crippen LogP contribution in [0, 0.1) is 0 Å². The monoisotopic (exact) mass is 186 g/mol. The molecule has 0 spiro atoms. The lowest BCUT2D eigenvalue weighted by molar-refractivity contribution is 0.0899. The van der Waals surface area contributed by atoms with Crippen LogP contribution in [0.3, 0.4) is 0 Å². The normalized spacial score (nSPS) is 40.9. The maximum atomic E-state index is 12.7. The van der Waals surface area contributed by atoms with Crippen molar-refractivity contribution in [3.05, 3.63) is 0 Å². The van der Waals surface area contributed by atoms with Crippen LogP contribution in [0.5, 0.6) is 0 Å². The average Bonchev–Trinajstić information content (AvgIpc) is 1.56. The van der Waals surface area contributed by atoms with E-state index in [2.05, 4.69) is 0 Å². The standard InChI is InChI=1S/C5H8ClFO2S/c1-5(7)2-4(3-5)10(6,8)9/h4H,2-3H2,1H3. The first-order chi connectivity index (χ1) is 4.31. The van der Waals surface area contributed by atoms with Gasteiger partial charge in [-0.25, -0.2) is 12.8 Å². The van der Waals surface area contributed by atoms with E-state index in [1.165, 1.54) is 6.92 Å². The van der Waals surface area contributed by atoms with Gasteiger partial charge in [-0.2, -0.15) is 0 Å². The van der Waals surface area contributed by atoms with Crippen molar-refractivity contribution < 1.29 is 12.8 Å². The van der Waals surface area contributed by atoms with Gasteiger partial charge in [0.05, 0.1) is 5.25 Å². The molecule has 0 saturated heterocycles. The highest BCUT2D eigenvalue weighted by Gasteiger charge is 2.46. The minimum atomic E-state index is -3.50. The average molecular weight is 187 g/mol. The van der Waals surface area contributed by atoms with Gasteiger partial charge in [0.1, 0.15) is 5.67 Å². The molecule has 0 atom stereocenters. The third-order valence-electron chi connectivity index (χ3n) is 1.70. The zero-order valence-electron chi connectivity index (χ0n) is 5.47. The summed E-state index contributed by atoms with van der Waals surface area (Å²) in [5, 5.41) is -0.663. The fourth-order valence-electron chi connectivity index (χ4n) is 1.09. The Morgan fingerprint density at radius 1 is 1.60 bits per heavy atom. The predicted molar refractivity (Wildman–Crippen MR) is 37.3 cm³/mol. The molecule has 0 aromatic carbocycles. The van der Waals surface area contributed by atoms with Crippen LogP contribution in [0.25, 0.3) is 0 Å². The van der Waals surface area contributed by atoms with Gasteiger partial charge in [-0.1, -0.05) is 0 Å². The Balaban J connectivity index is 2.57. The lowest BCUT2D eigenvalue weighted by Gasteiger charge is -2.36. The third-order valence-corrected chi connectivity index (χ3v) is 3.59. The molecule has 0 N–H and O–H groups in total. The SMILES string of the molecule is CC1(F)CC(S(=O)(=O)Cl)C1. The second-order valence-corrected chi connectivity index (χ2v) is 5.83. The van der Waals surface area contributed by atoms with Crippen molar-refractivity contribution >= 4 is 19.7 Å². The molecule has 1 aliphatic rings. The number of halogens is 2. The molecule has 0 bridgehead atoms. The predicted octanol–water partition coefficient (Wildman–Crippen LogP) is 1.45. The Bertz CT molecular complexity index is 226. The molecule has 5 heteroatoms. The van der Waals surface area contributed by atoms with E-state index in [0.29, 0.717) is 0 Å². The summed E-state index contributed by atoms with van der Waals surface area (Å²) in [5.74, 6) is 0. The minimum absolute atomic E-state index is 0.0405. The van der Waals surface area contributed by atoms with E-state index >= 15 is 0 Å². The Kier molecular flexibility index (Phi) is 1.72. The smallest absolute Gasteiger partial charge is 0.235 e. The van der Waals surface area contributed by atoms with Crippen molar-refractivity contribution in [1.82, 2.24) is 0 Å². The van der Waals surface area contributed by atoms with Crippen LogP contribution in [-0.4, -0.2) is 19.3 Å². The van der Waals surface area contributed by atoms with Crippen LogP contribution >= 0.6 is 10.7 Å². The molecule has 0 aliphatic heterocycles. The largest absolute Gasteiger partial charge is 0.244 e. The van der Waals surface area contributed by atoms with Gasteiger partial charge < -0.3 is 0 Å². The number of alkyl halides is 1. The van der Waals surface area contributed by atoms with Crippen LogP contribution in [-0.2, 0) is 9.05 Å². The summed E-state index contributed by atoms with van der Waals surface area (Å²) >= 11 is 0. The summed E-state index contributed by atoms with van der Waals surface area (Å²) in [4.78, 5) is 0. The molecule has 0 heterocycles. The quantitative estimate of drug-likeness (QED) is 0.581. The summed E-state index contributed by atoms with van der Waals surface area (Å²) < 4.78 is 33.7. The highest BCUT2D eigenvalue weighted by molar-refractivity contribution is 8.14. The van der Waals surface area contributed by atoms with Crippen molar-refractivity contribution in [2.75, 3.05) is 0 Å². The summed E-state index contributed by atoms with van der Waals surface area (Å²) in [6.45, 7) is 1.38. The number of hydrogen-bond acceptors (Lipinski definition) is 2. The molecule has 0 aromatic heterocycles. The van der Waals surface area contributed by atoms with Gasteiger partial charge in [0, 0.05) is 10.7 Å². The summed E-state index contributed by atoms with van der Waals surface area (Å²) in [7, 11) is 1.46. The second kappa shape index (κ2) is 2.08. The lowest BCUT2D eigenvalue weighted by atomic mass is 9.83. The highest BCUT2D eigenvalue weighted by atomic mass is 35.7. The minimum Gasteiger partial charge on any atom is -0.244 e.